The van der Waals surface area contributed by atoms with Gasteiger partial charge in [-0.1, -0.05) is 0 Å². The molecule has 0 aliphatic carbocycles. The van der Waals surface area contributed by atoms with Crippen LogP contribution in [-0.2, 0) is 9.53 Å². The van der Waals surface area contributed by atoms with Gasteiger partial charge in [-0.15, -0.1) is 0 Å². The Balaban J connectivity index is 2.96. The van der Waals surface area contributed by atoms with Gasteiger partial charge in [0, 0.05) is 0 Å². The van der Waals surface area contributed by atoms with Gasteiger partial charge in [-0.05, 0) is 39.0 Å². The van der Waals surface area contributed by atoms with Crippen molar-refractivity contribution in [1.29, 1.82) is 0 Å². The standard InChI is InChI=1S/C13H15FO4/c1-4-17-12(16)13(2,3)18-11-6-5-10(14)7-9(11)8-15/h5-8H,4H2,1-3H3. The average Bonchev–Trinajstić information content (AvgIpc) is 2.31. The second kappa shape index (κ2) is 5.62. The Bertz CT molecular complexity index is 454. The zero-order valence-electron chi connectivity index (χ0n) is 10.5. The molecule has 0 aliphatic heterocycles. The summed E-state index contributed by atoms with van der Waals surface area (Å²) in [5, 5.41) is 0. The quantitative estimate of drug-likeness (QED) is 0.598. The lowest BCUT2D eigenvalue weighted by molar-refractivity contribution is -0.158. The Kier molecular flexibility index (Phi) is 4.42. The highest BCUT2D eigenvalue weighted by Crippen LogP contribution is 2.23. The maximum Gasteiger partial charge on any atom is 0.349 e. The van der Waals surface area contributed by atoms with E-state index in [-0.39, 0.29) is 17.9 Å². The van der Waals surface area contributed by atoms with Crippen LogP contribution in [-0.4, -0.2) is 24.5 Å². The Hall–Kier alpha value is -1.91. The normalized spacial score (nSPS) is 10.9. The second-order valence-electron chi connectivity index (χ2n) is 4.13. The largest absolute Gasteiger partial charge is 0.475 e. The SMILES string of the molecule is CCOC(=O)C(C)(C)Oc1ccc(F)cc1C=O. The summed E-state index contributed by atoms with van der Waals surface area (Å²) < 4.78 is 23.2. The molecule has 0 fully saturated rings. The third-order valence-electron chi connectivity index (χ3n) is 2.23. The van der Waals surface area contributed by atoms with Crippen LogP contribution in [0.15, 0.2) is 18.2 Å². The van der Waals surface area contributed by atoms with Crippen molar-refractivity contribution in [3.8, 4) is 5.75 Å². The van der Waals surface area contributed by atoms with E-state index in [0.29, 0.717) is 6.29 Å². The molecular weight excluding hydrogens is 239 g/mol. The fourth-order valence-electron chi connectivity index (χ4n) is 1.33. The van der Waals surface area contributed by atoms with Crippen LogP contribution in [0.25, 0.3) is 0 Å². The van der Waals surface area contributed by atoms with Crippen molar-refractivity contribution < 1.29 is 23.5 Å². The molecule has 0 atom stereocenters. The van der Waals surface area contributed by atoms with E-state index in [0.717, 1.165) is 12.1 Å². The van der Waals surface area contributed by atoms with Crippen molar-refractivity contribution in [2.75, 3.05) is 6.61 Å². The zero-order chi connectivity index (χ0) is 13.8. The lowest BCUT2D eigenvalue weighted by atomic mass is 10.1. The van der Waals surface area contributed by atoms with Crippen molar-refractivity contribution >= 4 is 12.3 Å². The van der Waals surface area contributed by atoms with E-state index in [2.05, 4.69) is 0 Å². The number of rotatable bonds is 5. The minimum atomic E-state index is -1.24. The molecule has 0 N–H and O–H groups in total. The smallest absolute Gasteiger partial charge is 0.349 e. The summed E-state index contributed by atoms with van der Waals surface area (Å²) in [5.74, 6) is -0.950. The third kappa shape index (κ3) is 3.29. The lowest BCUT2D eigenvalue weighted by Gasteiger charge is -2.24. The third-order valence-corrected chi connectivity index (χ3v) is 2.23. The van der Waals surface area contributed by atoms with Crippen LogP contribution in [0.5, 0.6) is 5.75 Å². The van der Waals surface area contributed by atoms with Crippen LogP contribution in [0.1, 0.15) is 31.1 Å². The number of esters is 1. The minimum Gasteiger partial charge on any atom is -0.475 e. The Labute approximate surface area is 105 Å². The molecule has 0 heterocycles. The molecule has 18 heavy (non-hydrogen) atoms. The van der Waals surface area contributed by atoms with Gasteiger partial charge in [0.2, 0.25) is 0 Å². The topological polar surface area (TPSA) is 52.6 Å². The van der Waals surface area contributed by atoms with Gasteiger partial charge in [0.05, 0.1) is 12.2 Å². The summed E-state index contributed by atoms with van der Waals surface area (Å²) in [7, 11) is 0. The molecule has 0 amide bonds. The number of benzene rings is 1. The van der Waals surface area contributed by atoms with E-state index in [1.807, 2.05) is 0 Å². The van der Waals surface area contributed by atoms with Gasteiger partial charge in [0.15, 0.2) is 11.9 Å². The van der Waals surface area contributed by atoms with Crippen molar-refractivity contribution in [1.82, 2.24) is 0 Å². The Morgan fingerprint density at radius 2 is 2.11 bits per heavy atom. The van der Waals surface area contributed by atoms with Crippen molar-refractivity contribution in [3.05, 3.63) is 29.6 Å². The maximum atomic E-state index is 12.9. The molecule has 0 saturated carbocycles. The summed E-state index contributed by atoms with van der Waals surface area (Å²) in [6, 6.07) is 3.51. The number of hydrogen-bond acceptors (Lipinski definition) is 4. The molecule has 0 saturated heterocycles. The highest BCUT2D eigenvalue weighted by atomic mass is 19.1. The first kappa shape index (κ1) is 14.2. The summed E-state index contributed by atoms with van der Waals surface area (Å²) in [4.78, 5) is 22.4. The van der Waals surface area contributed by atoms with E-state index in [1.165, 1.54) is 19.9 Å². The van der Waals surface area contributed by atoms with Gasteiger partial charge in [0.1, 0.15) is 11.6 Å². The molecule has 98 valence electrons. The predicted octanol–water partition coefficient (Wildman–Crippen LogP) is 2.36. The number of ether oxygens (including phenoxy) is 2. The molecule has 5 heteroatoms. The molecular formula is C13H15FO4. The molecule has 0 radical (unpaired) electrons. The maximum absolute atomic E-state index is 12.9. The van der Waals surface area contributed by atoms with Crippen LogP contribution >= 0.6 is 0 Å². The van der Waals surface area contributed by atoms with Crippen LogP contribution in [0.2, 0.25) is 0 Å². The first-order chi connectivity index (χ1) is 8.40. The number of aldehydes is 1. The second-order valence-corrected chi connectivity index (χ2v) is 4.13. The zero-order valence-corrected chi connectivity index (χ0v) is 10.5. The van der Waals surface area contributed by atoms with E-state index < -0.39 is 17.4 Å². The van der Waals surface area contributed by atoms with Crippen molar-refractivity contribution in [2.24, 2.45) is 0 Å². The molecule has 1 aromatic carbocycles. The average molecular weight is 254 g/mol. The van der Waals surface area contributed by atoms with Crippen LogP contribution < -0.4 is 4.74 Å². The Morgan fingerprint density at radius 3 is 2.67 bits per heavy atom. The van der Waals surface area contributed by atoms with Crippen molar-refractivity contribution in [2.45, 2.75) is 26.4 Å². The highest BCUT2D eigenvalue weighted by molar-refractivity contribution is 5.81. The summed E-state index contributed by atoms with van der Waals surface area (Å²) in [6.07, 6.45) is 0.472. The number of halogens is 1. The molecule has 0 aromatic heterocycles. The fourth-order valence-corrected chi connectivity index (χ4v) is 1.33. The molecule has 1 rings (SSSR count). The molecule has 0 spiro atoms. The van der Waals surface area contributed by atoms with Gasteiger partial charge in [-0.3, -0.25) is 4.79 Å². The van der Waals surface area contributed by atoms with Gasteiger partial charge in [-0.25, -0.2) is 9.18 Å². The van der Waals surface area contributed by atoms with Gasteiger partial charge in [0.25, 0.3) is 0 Å². The molecule has 4 nitrogen and oxygen atoms in total. The minimum absolute atomic E-state index is 0.0485. The van der Waals surface area contributed by atoms with Crippen LogP contribution in [0.3, 0.4) is 0 Å². The van der Waals surface area contributed by atoms with Gasteiger partial charge >= 0.3 is 5.97 Å². The summed E-state index contributed by atoms with van der Waals surface area (Å²) in [6.45, 7) is 4.95. The summed E-state index contributed by atoms with van der Waals surface area (Å²) in [5.41, 5.74) is -1.20. The van der Waals surface area contributed by atoms with Crippen LogP contribution in [0.4, 0.5) is 4.39 Å². The van der Waals surface area contributed by atoms with E-state index >= 15 is 0 Å². The summed E-state index contributed by atoms with van der Waals surface area (Å²) >= 11 is 0. The van der Waals surface area contributed by atoms with E-state index in [9.17, 15) is 14.0 Å². The highest BCUT2D eigenvalue weighted by Gasteiger charge is 2.32. The Morgan fingerprint density at radius 1 is 1.44 bits per heavy atom. The fraction of sp³-hybridized carbons (Fsp3) is 0.385. The predicted molar refractivity (Wildman–Crippen MR) is 63.1 cm³/mol. The monoisotopic (exact) mass is 254 g/mol. The molecule has 0 bridgehead atoms. The van der Waals surface area contributed by atoms with Crippen molar-refractivity contribution in [3.63, 3.8) is 0 Å². The number of hydrogen-bond donors (Lipinski definition) is 0. The van der Waals surface area contributed by atoms with Gasteiger partial charge in [-0.2, -0.15) is 0 Å². The first-order valence-corrected chi connectivity index (χ1v) is 5.51. The first-order valence-electron chi connectivity index (χ1n) is 5.51. The van der Waals surface area contributed by atoms with E-state index in [4.69, 9.17) is 9.47 Å². The van der Waals surface area contributed by atoms with Gasteiger partial charge < -0.3 is 9.47 Å². The molecule has 0 aliphatic rings. The molecule has 1 aromatic rings. The number of carbonyl (C=O) groups is 2. The van der Waals surface area contributed by atoms with Crippen LogP contribution in [0, 0.1) is 5.82 Å². The molecule has 0 unspecified atom stereocenters. The lowest BCUT2D eigenvalue weighted by Crippen LogP contribution is -2.40. The van der Waals surface area contributed by atoms with E-state index in [1.54, 1.807) is 6.92 Å². The number of carbonyl (C=O) groups excluding carboxylic acids is 2.